The first-order valence-corrected chi connectivity index (χ1v) is 8.69. The Morgan fingerprint density at radius 2 is 1.79 bits per heavy atom. The second kappa shape index (κ2) is 10.8. The molecular weight excluding hydrogens is 306 g/mol. The number of hydrogen-bond acceptors (Lipinski definition) is 4. The molecule has 1 aromatic rings. The summed E-state index contributed by atoms with van der Waals surface area (Å²) in [5.41, 5.74) is 0.493. The van der Waals surface area contributed by atoms with E-state index in [1.54, 1.807) is 31.2 Å². The summed E-state index contributed by atoms with van der Waals surface area (Å²) >= 11 is 0. The summed E-state index contributed by atoms with van der Waals surface area (Å²) in [5.74, 6) is -0.516. The van der Waals surface area contributed by atoms with Gasteiger partial charge in [-0.2, -0.15) is 0 Å². The molecule has 0 bridgehead atoms. The molecule has 0 heterocycles. The molecule has 1 amide bonds. The second-order valence-electron chi connectivity index (χ2n) is 6.08. The highest BCUT2D eigenvalue weighted by Crippen LogP contribution is 2.18. The number of esters is 1. The number of carbonyl (C=O) groups excluding carboxylic acids is 2. The molecule has 5 nitrogen and oxygen atoms in total. The van der Waals surface area contributed by atoms with Crippen molar-refractivity contribution in [3.05, 3.63) is 35.9 Å². The maximum absolute atomic E-state index is 12.9. The number of unbranched alkanes of at least 4 members (excludes halogenated alkanes) is 1. The van der Waals surface area contributed by atoms with Gasteiger partial charge in [0, 0.05) is 5.56 Å². The lowest BCUT2D eigenvalue weighted by Gasteiger charge is -2.30. The molecule has 0 aliphatic rings. The number of amides is 1. The molecule has 134 valence electrons. The van der Waals surface area contributed by atoms with E-state index in [9.17, 15) is 9.59 Å². The van der Waals surface area contributed by atoms with E-state index in [-0.39, 0.29) is 18.4 Å². The summed E-state index contributed by atoms with van der Waals surface area (Å²) in [6.45, 7) is 8.47. The fourth-order valence-corrected chi connectivity index (χ4v) is 2.28. The van der Waals surface area contributed by atoms with Crippen LogP contribution < -0.4 is 0 Å². The standard InChI is InChI=1S/C19H29NO4/c1-5-7-13-24-20(18(21)16-11-9-8-10-12-16)17(14-15(3)4)19(22)23-6-2/h8-12,15,17H,5-7,13-14H2,1-4H3/t17-/m0/s1. The van der Waals surface area contributed by atoms with Crippen molar-refractivity contribution < 1.29 is 19.2 Å². The third kappa shape index (κ3) is 6.32. The Labute approximate surface area is 144 Å². The van der Waals surface area contributed by atoms with Gasteiger partial charge in [-0.05, 0) is 37.8 Å². The summed E-state index contributed by atoms with van der Waals surface area (Å²) < 4.78 is 5.17. The van der Waals surface area contributed by atoms with E-state index in [0.717, 1.165) is 12.8 Å². The maximum Gasteiger partial charge on any atom is 0.331 e. The van der Waals surface area contributed by atoms with Crippen molar-refractivity contribution in [2.45, 2.75) is 53.0 Å². The van der Waals surface area contributed by atoms with Gasteiger partial charge in [0.15, 0.2) is 6.04 Å². The minimum Gasteiger partial charge on any atom is -0.464 e. The average molecular weight is 335 g/mol. The third-order valence-corrected chi connectivity index (χ3v) is 3.49. The largest absolute Gasteiger partial charge is 0.464 e. The van der Waals surface area contributed by atoms with Crippen LogP contribution in [0.4, 0.5) is 0 Å². The highest BCUT2D eigenvalue weighted by Gasteiger charge is 2.33. The maximum atomic E-state index is 12.9. The molecule has 0 N–H and O–H groups in total. The van der Waals surface area contributed by atoms with Gasteiger partial charge in [0.1, 0.15) is 0 Å². The molecule has 5 heteroatoms. The molecule has 1 aromatic carbocycles. The smallest absolute Gasteiger partial charge is 0.331 e. The zero-order valence-electron chi connectivity index (χ0n) is 15.2. The van der Waals surface area contributed by atoms with Crippen LogP contribution in [-0.4, -0.2) is 36.2 Å². The molecule has 0 unspecified atom stereocenters. The average Bonchev–Trinajstić information content (AvgIpc) is 2.57. The van der Waals surface area contributed by atoms with Crippen LogP contribution in [0.5, 0.6) is 0 Å². The fourth-order valence-electron chi connectivity index (χ4n) is 2.28. The number of carbonyl (C=O) groups is 2. The lowest BCUT2D eigenvalue weighted by atomic mass is 10.0. The first-order valence-electron chi connectivity index (χ1n) is 8.69. The van der Waals surface area contributed by atoms with Gasteiger partial charge in [-0.3, -0.25) is 9.63 Å². The minimum atomic E-state index is -0.741. The molecular formula is C19H29NO4. The van der Waals surface area contributed by atoms with Crippen molar-refractivity contribution in [2.75, 3.05) is 13.2 Å². The number of hydroxylamine groups is 2. The Bertz CT molecular complexity index is 501. The molecule has 0 radical (unpaired) electrons. The van der Waals surface area contributed by atoms with Crippen molar-refractivity contribution in [1.82, 2.24) is 5.06 Å². The lowest BCUT2D eigenvalue weighted by Crippen LogP contribution is -2.46. The number of hydrogen-bond donors (Lipinski definition) is 0. The van der Waals surface area contributed by atoms with Gasteiger partial charge in [0.2, 0.25) is 0 Å². The molecule has 0 spiro atoms. The lowest BCUT2D eigenvalue weighted by molar-refractivity contribution is -0.182. The van der Waals surface area contributed by atoms with E-state index in [0.29, 0.717) is 18.6 Å². The summed E-state index contributed by atoms with van der Waals surface area (Å²) in [7, 11) is 0. The summed E-state index contributed by atoms with van der Waals surface area (Å²) in [5, 5.41) is 1.21. The number of rotatable bonds is 10. The van der Waals surface area contributed by atoms with E-state index in [4.69, 9.17) is 9.57 Å². The fraction of sp³-hybridized carbons (Fsp3) is 0.579. The second-order valence-corrected chi connectivity index (χ2v) is 6.08. The van der Waals surface area contributed by atoms with Gasteiger partial charge in [-0.25, -0.2) is 9.86 Å². The highest BCUT2D eigenvalue weighted by atomic mass is 16.7. The normalized spacial score (nSPS) is 12.0. The molecule has 0 aliphatic heterocycles. The SMILES string of the molecule is CCCCON(C(=O)c1ccccc1)[C@@H](CC(C)C)C(=O)OCC. The van der Waals surface area contributed by atoms with Gasteiger partial charge in [0.25, 0.3) is 5.91 Å². The molecule has 0 aromatic heterocycles. The zero-order chi connectivity index (χ0) is 17.9. The Kier molecular flexibility index (Phi) is 9.08. The molecule has 0 saturated heterocycles. The van der Waals surface area contributed by atoms with Gasteiger partial charge in [-0.1, -0.05) is 45.4 Å². The Hall–Kier alpha value is -1.88. The van der Waals surface area contributed by atoms with Gasteiger partial charge >= 0.3 is 5.97 Å². The van der Waals surface area contributed by atoms with Crippen LogP contribution >= 0.6 is 0 Å². The van der Waals surface area contributed by atoms with Crippen LogP contribution in [0, 0.1) is 5.92 Å². The highest BCUT2D eigenvalue weighted by molar-refractivity contribution is 5.96. The molecule has 0 saturated carbocycles. The Balaban J connectivity index is 3.06. The number of nitrogens with zero attached hydrogens (tertiary/aromatic N) is 1. The van der Waals surface area contributed by atoms with Crippen molar-refractivity contribution >= 4 is 11.9 Å². The van der Waals surface area contributed by atoms with Crippen molar-refractivity contribution in [3.8, 4) is 0 Å². The van der Waals surface area contributed by atoms with E-state index >= 15 is 0 Å². The topological polar surface area (TPSA) is 55.8 Å². The Morgan fingerprint density at radius 3 is 2.33 bits per heavy atom. The number of benzene rings is 1. The predicted molar refractivity (Wildman–Crippen MR) is 93.3 cm³/mol. The van der Waals surface area contributed by atoms with E-state index < -0.39 is 12.0 Å². The van der Waals surface area contributed by atoms with Crippen LogP contribution in [0.25, 0.3) is 0 Å². The molecule has 1 atom stereocenters. The van der Waals surface area contributed by atoms with Gasteiger partial charge in [0.05, 0.1) is 13.2 Å². The predicted octanol–water partition coefficient (Wildman–Crippen LogP) is 3.84. The van der Waals surface area contributed by atoms with Crippen molar-refractivity contribution in [3.63, 3.8) is 0 Å². The first kappa shape index (κ1) is 20.2. The van der Waals surface area contributed by atoms with Gasteiger partial charge < -0.3 is 4.74 Å². The summed E-state index contributed by atoms with van der Waals surface area (Å²) in [6, 6.07) is 8.12. The quantitative estimate of drug-likeness (QED) is 0.370. The van der Waals surface area contributed by atoms with Crippen LogP contribution in [0.1, 0.15) is 57.3 Å². The van der Waals surface area contributed by atoms with E-state index in [2.05, 4.69) is 0 Å². The van der Waals surface area contributed by atoms with Gasteiger partial charge in [-0.15, -0.1) is 0 Å². The van der Waals surface area contributed by atoms with Crippen LogP contribution in [-0.2, 0) is 14.4 Å². The van der Waals surface area contributed by atoms with Crippen LogP contribution in [0.15, 0.2) is 30.3 Å². The zero-order valence-corrected chi connectivity index (χ0v) is 15.2. The van der Waals surface area contributed by atoms with E-state index in [1.165, 1.54) is 5.06 Å². The monoisotopic (exact) mass is 335 g/mol. The molecule has 1 rings (SSSR count). The van der Waals surface area contributed by atoms with Crippen molar-refractivity contribution in [1.29, 1.82) is 0 Å². The molecule has 0 fully saturated rings. The minimum absolute atomic E-state index is 0.222. The first-order chi connectivity index (χ1) is 11.5. The number of ether oxygens (including phenoxy) is 1. The summed E-state index contributed by atoms with van der Waals surface area (Å²) in [6.07, 6.45) is 2.25. The summed E-state index contributed by atoms with van der Waals surface area (Å²) in [4.78, 5) is 31.0. The molecule has 0 aliphatic carbocycles. The molecule has 24 heavy (non-hydrogen) atoms. The van der Waals surface area contributed by atoms with Crippen LogP contribution in [0.3, 0.4) is 0 Å². The van der Waals surface area contributed by atoms with Crippen molar-refractivity contribution in [2.24, 2.45) is 5.92 Å². The Morgan fingerprint density at radius 1 is 1.12 bits per heavy atom. The third-order valence-electron chi connectivity index (χ3n) is 3.49. The van der Waals surface area contributed by atoms with Crippen LogP contribution in [0.2, 0.25) is 0 Å². The van der Waals surface area contributed by atoms with E-state index in [1.807, 2.05) is 26.8 Å².